The zero-order valence-corrected chi connectivity index (χ0v) is 15.3. The van der Waals surface area contributed by atoms with Crippen LogP contribution in [0.2, 0.25) is 5.02 Å². The molecule has 1 amide bonds. The molecule has 26 heavy (non-hydrogen) atoms. The van der Waals surface area contributed by atoms with E-state index in [0.29, 0.717) is 49.2 Å². The smallest absolute Gasteiger partial charge is 0.254 e. The fraction of sp³-hybridized carbons (Fsp3) is 0.368. The fourth-order valence-corrected chi connectivity index (χ4v) is 3.65. The molecule has 4 rings (SSSR count). The molecule has 7 heteroatoms. The number of carbonyl (C=O) groups is 1. The molecule has 1 aromatic carbocycles. The number of amides is 1. The minimum atomic E-state index is 0.112. The van der Waals surface area contributed by atoms with E-state index in [-0.39, 0.29) is 5.91 Å². The molecule has 1 aliphatic heterocycles. The highest BCUT2D eigenvalue weighted by Gasteiger charge is 2.24. The molecule has 0 saturated heterocycles. The molecule has 0 unspecified atom stereocenters. The molecule has 0 radical (unpaired) electrons. The van der Waals surface area contributed by atoms with Gasteiger partial charge in [0.2, 0.25) is 5.91 Å². The van der Waals surface area contributed by atoms with Crippen LogP contribution in [0.5, 0.6) is 5.88 Å². The predicted octanol–water partition coefficient (Wildman–Crippen LogP) is 3.73. The topological polar surface area (TPSA) is 71.4 Å². The van der Waals surface area contributed by atoms with Gasteiger partial charge in [-0.05, 0) is 18.1 Å². The fourth-order valence-electron chi connectivity index (χ4n) is 3.43. The Kier molecular flexibility index (Phi) is 4.59. The molecule has 0 fully saturated rings. The summed E-state index contributed by atoms with van der Waals surface area (Å²) in [6.07, 6.45) is 1.71. The van der Waals surface area contributed by atoms with Crippen LogP contribution in [0.15, 0.2) is 28.8 Å². The van der Waals surface area contributed by atoms with Gasteiger partial charge in [-0.2, -0.15) is 0 Å². The molecule has 0 aliphatic carbocycles. The number of aromatic nitrogens is 2. The van der Waals surface area contributed by atoms with E-state index >= 15 is 0 Å². The summed E-state index contributed by atoms with van der Waals surface area (Å²) in [5.41, 5.74) is 3.30. The van der Waals surface area contributed by atoms with Crippen LogP contribution >= 0.6 is 11.6 Å². The molecule has 1 N–H and O–H groups in total. The first-order chi connectivity index (χ1) is 12.7. The maximum atomic E-state index is 12.6. The van der Waals surface area contributed by atoms with Crippen molar-refractivity contribution < 1.29 is 14.1 Å². The summed E-state index contributed by atoms with van der Waals surface area (Å²) in [6.45, 7) is 3.74. The number of aryl methyl sites for hydroxylation is 1. The number of fused-ring (bicyclic) bond motifs is 3. The Bertz CT molecular complexity index is 947. The van der Waals surface area contributed by atoms with Gasteiger partial charge in [0.25, 0.3) is 5.88 Å². The van der Waals surface area contributed by atoms with Crippen molar-refractivity contribution in [1.29, 1.82) is 0 Å². The highest BCUT2D eigenvalue weighted by molar-refractivity contribution is 6.35. The van der Waals surface area contributed by atoms with E-state index in [1.54, 1.807) is 6.07 Å². The number of benzene rings is 1. The van der Waals surface area contributed by atoms with E-state index in [1.165, 1.54) is 11.3 Å². The first kappa shape index (κ1) is 17.0. The van der Waals surface area contributed by atoms with Crippen LogP contribution in [0.4, 0.5) is 0 Å². The Morgan fingerprint density at radius 3 is 3.19 bits per heavy atom. The van der Waals surface area contributed by atoms with Gasteiger partial charge in [-0.25, -0.2) is 0 Å². The monoisotopic (exact) mass is 373 g/mol. The number of nitrogens with zero attached hydrogens (tertiary/aromatic N) is 2. The largest absolute Gasteiger partial charge is 0.476 e. The lowest BCUT2D eigenvalue weighted by Crippen LogP contribution is -2.35. The van der Waals surface area contributed by atoms with Crippen molar-refractivity contribution in [2.45, 2.75) is 32.7 Å². The summed E-state index contributed by atoms with van der Waals surface area (Å²) < 4.78 is 10.5. The molecule has 0 atom stereocenters. The highest BCUT2D eigenvalue weighted by atomic mass is 35.5. The second kappa shape index (κ2) is 7.03. The normalized spacial score (nSPS) is 13.8. The van der Waals surface area contributed by atoms with E-state index in [9.17, 15) is 4.79 Å². The number of ether oxygens (including phenoxy) is 1. The van der Waals surface area contributed by atoms with Gasteiger partial charge in [0.1, 0.15) is 5.76 Å². The van der Waals surface area contributed by atoms with Crippen LogP contribution in [0, 0.1) is 0 Å². The predicted molar refractivity (Wildman–Crippen MR) is 98.4 cm³/mol. The van der Waals surface area contributed by atoms with Crippen molar-refractivity contribution >= 4 is 28.4 Å². The Labute approximate surface area is 156 Å². The second-order valence-electron chi connectivity index (χ2n) is 6.37. The molecule has 0 bridgehead atoms. The van der Waals surface area contributed by atoms with Crippen LogP contribution in [0.3, 0.4) is 0 Å². The molecule has 6 nitrogen and oxygen atoms in total. The first-order valence-electron chi connectivity index (χ1n) is 8.79. The van der Waals surface area contributed by atoms with Crippen LogP contribution in [0.25, 0.3) is 10.9 Å². The van der Waals surface area contributed by atoms with Gasteiger partial charge in [-0.15, -0.1) is 0 Å². The van der Waals surface area contributed by atoms with E-state index in [2.05, 4.69) is 10.1 Å². The molecule has 2 aromatic heterocycles. The summed E-state index contributed by atoms with van der Waals surface area (Å²) in [4.78, 5) is 17.9. The summed E-state index contributed by atoms with van der Waals surface area (Å²) in [5.74, 6) is 1.24. The van der Waals surface area contributed by atoms with E-state index in [1.807, 2.05) is 30.0 Å². The number of hydrogen-bond acceptors (Lipinski definition) is 4. The third kappa shape index (κ3) is 3.17. The van der Waals surface area contributed by atoms with Gasteiger partial charge in [0.05, 0.1) is 17.1 Å². The highest BCUT2D eigenvalue weighted by Crippen LogP contribution is 2.31. The number of aromatic amines is 1. The first-order valence-corrected chi connectivity index (χ1v) is 9.17. The number of rotatable bonds is 5. The number of hydrogen-bond donors (Lipinski definition) is 1. The van der Waals surface area contributed by atoms with Crippen LogP contribution in [0.1, 0.15) is 30.4 Å². The van der Waals surface area contributed by atoms with Crippen molar-refractivity contribution in [1.82, 2.24) is 15.0 Å². The standard InChI is InChI=1S/C19H20ClN3O3/c1-2-25-17-10-12(26-22-17)6-7-18(24)23-9-8-16-14(11-23)13-4-3-5-15(20)19(13)21-16/h3-5,10,21H,2,6-9,11H2,1H3. The Morgan fingerprint density at radius 2 is 2.35 bits per heavy atom. The Balaban J connectivity index is 1.43. The summed E-state index contributed by atoms with van der Waals surface area (Å²) in [5, 5.41) is 5.63. The number of nitrogens with one attached hydrogen (secondary N) is 1. The molecule has 3 heterocycles. The molecule has 0 saturated carbocycles. The maximum Gasteiger partial charge on any atom is 0.254 e. The van der Waals surface area contributed by atoms with Crippen molar-refractivity contribution in [2.24, 2.45) is 0 Å². The van der Waals surface area contributed by atoms with Crippen LogP contribution in [-0.2, 0) is 24.2 Å². The average molecular weight is 374 g/mol. The van der Waals surface area contributed by atoms with Gasteiger partial charge in [-0.1, -0.05) is 23.7 Å². The summed E-state index contributed by atoms with van der Waals surface area (Å²) >= 11 is 6.28. The number of halogens is 1. The van der Waals surface area contributed by atoms with Crippen molar-refractivity contribution in [2.75, 3.05) is 13.2 Å². The van der Waals surface area contributed by atoms with Crippen molar-refractivity contribution in [3.63, 3.8) is 0 Å². The number of carbonyl (C=O) groups excluding carboxylic acids is 1. The Hall–Kier alpha value is -2.47. The van der Waals surface area contributed by atoms with E-state index in [4.69, 9.17) is 20.9 Å². The van der Waals surface area contributed by atoms with Gasteiger partial charge in [-0.3, -0.25) is 4.79 Å². The lowest BCUT2D eigenvalue weighted by Gasteiger charge is -2.27. The zero-order valence-electron chi connectivity index (χ0n) is 14.5. The molecule has 1 aliphatic rings. The van der Waals surface area contributed by atoms with Gasteiger partial charge in [0.15, 0.2) is 0 Å². The zero-order chi connectivity index (χ0) is 18.1. The number of para-hydroxylation sites is 1. The molecule has 0 spiro atoms. The van der Waals surface area contributed by atoms with Crippen molar-refractivity contribution in [3.05, 3.63) is 46.3 Å². The Morgan fingerprint density at radius 1 is 1.46 bits per heavy atom. The quantitative estimate of drug-likeness (QED) is 0.739. The lowest BCUT2D eigenvalue weighted by atomic mass is 10.0. The summed E-state index contributed by atoms with van der Waals surface area (Å²) in [6, 6.07) is 7.61. The maximum absolute atomic E-state index is 12.6. The second-order valence-corrected chi connectivity index (χ2v) is 6.78. The van der Waals surface area contributed by atoms with Crippen molar-refractivity contribution in [3.8, 4) is 5.88 Å². The molecule has 136 valence electrons. The third-order valence-corrected chi connectivity index (χ3v) is 5.04. The van der Waals surface area contributed by atoms with Gasteiger partial charge < -0.3 is 19.1 Å². The average Bonchev–Trinajstić information content (AvgIpc) is 3.25. The minimum absolute atomic E-state index is 0.112. The SMILES string of the molecule is CCOc1cc(CCC(=O)N2CCc3[nH]c4c(Cl)cccc4c3C2)on1. The van der Waals surface area contributed by atoms with Gasteiger partial charge in [0, 0.05) is 55.1 Å². The summed E-state index contributed by atoms with van der Waals surface area (Å²) in [7, 11) is 0. The van der Waals surface area contributed by atoms with Gasteiger partial charge >= 0.3 is 0 Å². The minimum Gasteiger partial charge on any atom is -0.476 e. The van der Waals surface area contributed by atoms with Crippen LogP contribution in [-0.4, -0.2) is 34.1 Å². The number of H-pyrrole nitrogens is 1. The molecule has 3 aromatic rings. The van der Waals surface area contributed by atoms with E-state index in [0.717, 1.165) is 17.3 Å². The lowest BCUT2D eigenvalue weighted by molar-refractivity contribution is -0.132. The molecular formula is C19H20ClN3O3. The third-order valence-electron chi connectivity index (χ3n) is 4.73. The van der Waals surface area contributed by atoms with E-state index < -0.39 is 0 Å². The molecular weight excluding hydrogens is 354 g/mol. The van der Waals surface area contributed by atoms with Crippen LogP contribution < -0.4 is 4.74 Å².